The minimum atomic E-state index is -1.14. The van der Waals surface area contributed by atoms with E-state index in [0.717, 1.165) is 18.7 Å². The maximum absolute atomic E-state index is 13.4. The average molecular weight is 609 g/mol. The second-order valence-electron chi connectivity index (χ2n) is 10.8. The Labute approximate surface area is 253 Å². The van der Waals surface area contributed by atoms with E-state index in [-0.39, 0.29) is 69.6 Å². The Morgan fingerprint density at radius 2 is 1.86 bits per heavy atom. The topological polar surface area (TPSA) is 171 Å². The van der Waals surface area contributed by atoms with Gasteiger partial charge in [0.25, 0.3) is 11.8 Å². The zero-order valence-corrected chi connectivity index (χ0v) is 24.5. The smallest absolute Gasteiger partial charge is 0.409 e. The van der Waals surface area contributed by atoms with Gasteiger partial charge in [-0.2, -0.15) is 0 Å². The number of rotatable bonds is 10. The van der Waals surface area contributed by atoms with Gasteiger partial charge in [0, 0.05) is 75.0 Å². The highest BCUT2D eigenvalue weighted by atomic mass is 16.6. The summed E-state index contributed by atoms with van der Waals surface area (Å²) < 4.78 is 10.9. The van der Waals surface area contributed by atoms with Crippen LogP contribution in [0, 0.1) is 5.92 Å². The number of amides is 4. The highest BCUT2D eigenvalue weighted by Crippen LogP contribution is 2.28. The Bertz CT molecular complexity index is 1470. The molecule has 0 spiro atoms. The summed E-state index contributed by atoms with van der Waals surface area (Å²) in [4.78, 5) is 72.2. The van der Waals surface area contributed by atoms with Gasteiger partial charge in [0.05, 0.1) is 12.1 Å². The number of carboxylic acids is 1. The van der Waals surface area contributed by atoms with E-state index >= 15 is 0 Å². The molecule has 14 heteroatoms. The van der Waals surface area contributed by atoms with Crippen LogP contribution >= 0.6 is 0 Å². The predicted molar refractivity (Wildman–Crippen MR) is 156 cm³/mol. The third-order valence-electron chi connectivity index (χ3n) is 7.92. The molecule has 3 aliphatic rings. The molecule has 2 aromatic rings. The lowest BCUT2D eigenvalue weighted by atomic mass is 10.1. The highest BCUT2D eigenvalue weighted by Gasteiger charge is 2.33. The number of hydrogen-bond acceptors (Lipinski definition) is 9. The molecule has 2 atom stereocenters. The van der Waals surface area contributed by atoms with Crippen molar-refractivity contribution in [2.45, 2.75) is 32.2 Å². The van der Waals surface area contributed by atoms with E-state index in [9.17, 15) is 29.1 Å². The van der Waals surface area contributed by atoms with Crippen molar-refractivity contribution in [1.82, 2.24) is 30.3 Å². The summed E-state index contributed by atoms with van der Waals surface area (Å²) in [6.45, 7) is 4.12. The number of benzene rings is 1. The first-order valence-electron chi connectivity index (χ1n) is 14.7. The lowest BCUT2D eigenvalue weighted by molar-refractivity contribution is -0.138. The Morgan fingerprint density at radius 3 is 2.59 bits per heavy atom. The van der Waals surface area contributed by atoms with E-state index < -0.39 is 29.9 Å². The van der Waals surface area contributed by atoms with Crippen LogP contribution in [0.2, 0.25) is 0 Å². The molecule has 0 radical (unpaired) electrons. The van der Waals surface area contributed by atoms with Crippen LogP contribution in [0.25, 0.3) is 10.9 Å². The van der Waals surface area contributed by atoms with Crippen LogP contribution in [0.1, 0.15) is 36.7 Å². The van der Waals surface area contributed by atoms with Crippen molar-refractivity contribution < 1.29 is 38.6 Å². The molecular weight excluding hydrogens is 572 g/mol. The molecule has 1 aromatic carbocycles. The molecular formula is C30H36N6O8. The maximum atomic E-state index is 13.4. The first-order valence-corrected chi connectivity index (χ1v) is 14.7. The fourth-order valence-corrected chi connectivity index (χ4v) is 5.57. The van der Waals surface area contributed by atoms with Crippen LogP contribution < -0.4 is 15.4 Å². The number of carbonyl (C=O) groups is 5. The summed E-state index contributed by atoms with van der Waals surface area (Å²) in [5, 5.41) is 15.8. The van der Waals surface area contributed by atoms with E-state index in [0.29, 0.717) is 23.4 Å². The number of carboxylic acid groups (broad SMARTS) is 1. The van der Waals surface area contributed by atoms with Crippen molar-refractivity contribution in [3.05, 3.63) is 47.9 Å². The summed E-state index contributed by atoms with van der Waals surface area (Å²) in [7, 11) is 0. The number of hydrogen-bond donors (Lipinski definition) is 3. The normalized spacial score (nSPS) is 18.2. The number of pyridine rings is 1. The third kappa shape index (κ3) is 7.01. The summed E-state index contributed by atoms with van der Waals surface area (Å²) in [5.41, 5.74) is 1.46. The second-order valence-corrected chi connectivity index (χ2v) is 10.8. The van der Waals surface area contributed by atoms with Gasteiger partial charge in [-0.15, -0.1) is 0 Å². The summed E-state index contributed by atoms with van der Waals surface area (Å²) in [6.07, 6.45) is 1.85. The molecule has 0 bridgehead atoms. The predicted octanol–water partition coefficient (Wildman–Crippen LogP) is 1.17. The van der Waals surface area contributed by atoms with Gasteiger partial charge in [0.2, 0.25) is 5.91 Å². The molecule has 4 amide bonds. The van der Waals surface area contributed by atoms with E-state index in [1.807, 2.05) is 6.20 Å². The first-order chi connectivity index (χ1) is 21.2. The molecule has 5 rings (SSSR count). The Balaban J connectivity index is 1.28. The molecule has 0 saturated carbocycles. The number of nitrogens with zero attached hydrogens (tertiary/aromatic N) is 4. The standard InChI is InChI=1S/C30H36N6O8/c1-2-43-30(42)35-13-11-34(12-14-35)29(41)22(7-8-27(38)39)33-28(40)23-15-25(20-5-3-4-6-21(20)32-23)44-18-26(37)36-16-19-9-10-31-24(19)17-36/h3-6,15,17,19,22,31H,2,7-14,16,18H2,1H3,(H,33,40)(H,38,39). The maximum Gasteiger partial charge on any atom is 0.409 e. The summed E-state index contributed by atoms with van der Waals surface area (Å²) in [6, 6.07) is 7.30. The van der Waals surface area contributed by atoms with Gasteiger partial charge >= 0.3 is 12.1 Å². The van der Waals surface area contributed by atoms with Crippen molar-refractivity contribution in [2.24, 2.45) is 5.92 Å². The van der Waals surface area contributed by atoms with Crippen LogP contribution in [-0.2, 0) is 19.1 Å². The SMILES string of the molecule is CCOC(=O)N1CCN(C(=O)C(CCC(=O)O)NC(=O)c2cc(OCC(=O)N3C=C4NCCC4C3)c3ccccc3n2)CC1. The minimum absolute atomic E-state index is 0.0478. The van der Waals surface area contributed by atoms with E-state index in [1.165, 1.54) is 15.9 Å². The third-order valence-corrected chi connectivity index (χ3v) is 7.92. The van der Waals surface area contributed by atoms with Crippen LogP contribution in [0.3, 0.4) is 0 Å². The molecule has 1 aromatic heterocycles. The van der Waals surface area contributed by atoms with Crippen LogP contribution in [0.15, 0.2) is 42.2 Å². The molecule has 2 fully saturated rings. The van der Waals surface area contributed by atoms with Crippen molar-refractivity contribution >= 4 is 40.7 Å². The molecule has 234 valence electrons. The van der Waals surface area contributed by atoms with Crippen molar-refractivity contribution in [3.63, 3.8) is 0 Å². The Morgan fingerprint density at radius 1 is 1.11 bits per heavy atom. The van der Waals surface area contributed by atoms with E-state index in [2.05, 4.69) is 15.6 Å². The molecule has 3 N–H and O–H groups in total. The number of nitrogens with one attached hydrogen (secondary N) is 2. The van der Waals surface area contributed by atoms with Gasteiger partial charge in [0.15, 0.2) is 6.61 Å². The molecule has 3 aliphatic heterocycles. The van der Waals surface area contributed by atoms with Crippen molar-refractivity contribution in [1.29, 1.82) is 0 Å². The van der Waals surface area contributed by atoms with Crippen LogP contribution in [0.4, 0.5) is 4.79 Å². The lowest BCUT2D eigenvalue weighted by Crippen LogP contribution is -2.56. The van der Waals surface area contributed by atoms with E-state index in [1.54, 1.807) is 36.1 Å². The number of carbonyl (C=O) groups excluding carboxylic acids is 4. The van der Waals surface area contributed by atoms with Gasteiger partial charge in [-0.3, -0.25) is 19.2 Å². The highest BCUT2D eigenvalue weighted by molar-refractivity contribution is 5.99. The number of fused-ring (bicyclic) bond motifs is 2. The van der Waals surface area contributed by atoms with E-state index in [4.69, 9.17) is 9.47 Å². The number of para-hydroxylation sites is 1. The average Bonchev–Trinajstić information content (AvgIpc) is 3.64. The van der Waals surface area contributed by atoms with Crippen LogP contribution in [0.5, 0.6) is 5.75 Å². The monoisotopic (exact) mass is 608 g/mol. The molecule has 44 heavy (non-hydrogen) atoms. The second kappa shape index (κ2) is 13.6. The van der Waals surface area contributed by atoms with Crippen LogP contribution in [-0.4, -0.2) is 113 Å². The number of piperazine rings is 1. The van der Waals surface area contributed by atoms with Gasteiger partial charge in [-0.25, -0.2) is 9.78 Å². The summed E-state index contributed by atoms with van der Waals surface area (Å²) >= 11 is 0. The van der Waals surface area contributed by atoms with Gasteiger partial charge < -0.3 is 39.9 Å². The lowest BCUT2D eigenvalue weighted by Gasteiger charge is -2.35. The number of aromatic nitrogens is 1. The van der Waals surface area contributed by atoms with Gasteiger partial charge in [-0.1, -0.05) is 12.1 Å². The van der Waals surface area contributed by atoms with Crippen molar-refractivity contribution in [3.8, 4) is 5.75 Å². The Kier molecular flexibility index (Phi) is 9.46. The minimum Gasteiger partial charge on any atom is -0.483 e. The zero-order valence-electron chi connectivity index (χ0n) is 24.5. The first kappa shape index (κ1) is 30.6. The molecule has 14 nitrogen and oxygen atoms in total. The summed E-state index contributed by atoms with van der Waals surface area (Å²) in [5.74, 6) is -1.88. The van der Waals surface area contributed by atoms with Gasteiger partial charge in [0.1, 0.15) is 17.5 Å². The number of ether oxygens (including phenoxy) is 2. The molecule has 4 heterocycles. The quantitative estimate of drug-likeness (QED) is 0.356. The zero-order chi connectivity index (χ0) is 31.2. The molecule has 2 unspecified atom stereocenters. The van der Waals surface area contributed by atoms with Gasteiger partial charge in [-0.05, 0) is 31.9 Å². The number of aliphatic carboxylic acids is 1. The fourth-order valence-electron chi connectivity index (χ4n) is 5.57. The fraction of sp³-hybridized carbons (Fsp3) is 0.467. The van der Waals surface area contributed by atoms with Crippen molar-refractivity contribution in [2.75, 3.05) is 52.5 Å². The Hall–Kier alpha value is -4.88. The molecule has 2 saturated heterocycles. The largest absolute Gasteiger partial charge is 0.483 e. The molecule has 0 aliphatic carbocycles.